The third kappa shape index (κ3) is 6.53. The fourth-order valence-corrected chi connectivity index (χ4v) is 2.20. The molecule has 1 atom stereocenters. The molecule has 110 valence electrons. The Kier molecular flexibility index (Phi) is 10.3. The van der Waals surface area contributed by atoms with Crippen molar-refractivity contribution in [2.75, 3.05) is 4.72 Å². The van der Waals surface area contributed by atoms with Gasteiger partial charge in [-0.3, -0.25) is 0 Å². The minimum Gasteiger partial charge on any atom is -0.301 e. The number of anilines is 1. The molecule has 2 rings (SSSR count). The van der Waals surface area contributed by atoms with Crippen molar-refractivity contribution in [3.05, 3.63) is 60.2 Å². The van der Waals surface area contributed by atoms with Crippen LogP contribution in [0.4, 0.5) is 5.69 Å². The highest BCUT2D eigenvalue weighted by Gasteiger charge is 2.02. The molecule has 0 amide bonds. The number of rotatable bonds is 3. The molecule has 0 radical (unpaired) electrons. The van der Waals surface area contributed by atoms with Crippen molar-refractivity contribution >= 4 is 16.7 Å². The zero-order chi connectivity index (χ0) is 15.4. The van der Waals surface area contributed by atoms with Crippen LogP contribution in [0.15, 0.2) is 59.5 Å². The van der Waals surface area contributed by atoms with Gasteiger partial charge in [0.1, 0.15) is 11.0 Å². The zero-order valence-corrected chi connectivity index (χ0v) is 13.8. The Morgan fingerprint density at radius 3 is 1.80 bits per heavy atom. The van der Waals surface area contributed by atoms with Crippen molar-refractivity contribution in [1.82, 2.24) is 0 Å². The first-order valence-corrected chi connectivity index (χ1v) is 8.21. The summed E-state index contributed by atoms with van der Waals surface area (Å²) in [6.45, 7) is 10.0. The van der Waals surface area contributed by atoms with Gasteiger partial charge in [-0.25, -0.2) is 4.21 Å². The lowest BCUT2D eigenvalue weighted by Crippen LogP contribution is -2.04. The molecule has 0 aromatic heterocycles. The normalized spacial score (nSPS) is 10.2. The molecule has 1 unspecified atom stereocenters. The fourth-order valence-electron chi connectivity index (χ4n) is 1.33. The summed E-state index contributed by atoms with van der Waals surface area (Å²) >= 11 is 0. The molecule has 20 heavy (non-hydrogen) atoms. The molecule has 0 aliphatic carbocycles. The highest BCUT2D eigenvalue weighted by Crippen LogP contribution is 2.13. The van der Waals surface area contributed by atoms with Crippen LogP contribution < -0.4 is 4.72 Å². The van der Waals surface area contributed by atoms with Crippen molar-refractivity contribution in [1.29, 1.82) is 0 Å². The number of aryl methyl sites for hydroxylation is 1. The van der Waals surface area contributed by atoms with E-state index in [1.807, 2.05) is 89.2 Å². The minimum absolute atomic E-state index is 0.781. The molecule has 0 aliphatic heterocycles. The Morgan fingerprint density at radius 1 is 0.800 bits per heavy atom. The van der Waals surface area contributed by atoms with Gasteiger partial charge in [-0.2, -0.15) is 0 Å². The molecule has 0 bridgehead atoms. The van der Waals surface area contributed by atoms with E-state index in [2.05, 4.69) is 4.72 Å². The van der Waals surface area contributed by atoms with E-state index < -0.39 is 11.0 Å². The van der Waals surface area contributed by atoms with Gasteiger partial charge in [0.25, 0.3) is 0 Å². The summed E-state index contributed by atoms with van der Waals surface area (Å²) in [5, 5.41) is 0. The monoisotopic (exact) mass is 291 g/mol. The Bertz CT molecular complexity index is 480. The van der Waals surface area contributed by atoms with Crippen LogP contribution in [0.2, 0.25) is 0 Å². The lowest BCUT2D eigenvalue weighted by atomic mass is 10.2. The van der Waals surface area contributed by atoms with Crippen LogP contribution in [-0.2, 0) is 11.0 Å². The first-order valence-electron chi connectivity index (χ1n) is 7.06. The number of nitrogens with one attached hydrogen (secondary N) is 1. The molecule has 2 aromatic carbocycles. The number of hydrogen-bond acceptors (Lipinski definition) is 1. The standard InChI is InChI=1S/C13H13NOS.2C2H6/c1-11-7-9-12(10-8-11)14-16(15)13-5-3-2-4-6-13;2*1-2/h2-10,14H,1H3;2*1-2H3. The number of benzene rings is 2. The summed E-state index contributed by atoms with van der Waals surface area (Å²) in [5.41, 5.74) is 2.06. The first-order chi connectivity index (χ1) is 9.75. The van der Waals surface area contributed by atoms with E-state index in [4.69, 9.17) is 0 Å². The van der Waals surface area contributed by atoms with Crippen LogP contribution in [-0.4, -0.2) is 4.21 Å². The SMILES string of the molecule is CC.CC.Cc1ccc(NS(=O)c2ccccc2)cc1. The summed E-state index contributed by atoms with van der Waals surface area (Å²) < 4.78 is 14.9. The molecule has 0 saturated carbocycles. The van der Waals surface area contributed by atoms with Crippen LogP contribution in [0.5, 0.6) is 0 Å². The molecular weight excluding hydrogens is 266 g/mol. The molecule has 2 aromatic rings. The van der Waals surface area contributed by atoms with Crippen LogP contribution >= 0.6 is 0 Å². The van der Waals surface area contributed by atoms with Gasteiger partial charge < -0.3 is 4.72 Å². The second-order valence-corrected chi connectivity index (χ2v) is 4.76. The maximum atomic E-state index is 11.9. The van der Waals surface area contributed by atoms with Gasteiger partial charge in [0, 0.05) is 5.69 Å². The second kappa shape index (κ2) is 11.2. The van der Waals surface area contributed by atoms with Gasteiger partial charge in [-0.15, -0.1) is 0 Å². The van der Waals surface area contributed by atoms with Gasteiger partial charge in [-0.05, 0) is 31.2 Å². The second-order valence-electron chi connectivity index (χ2n) is 3.55. The Hall–Kier alpha value is -1.61. The maximum absolute atomic E-state index is 11.9. The topological polar surface area (TPSA) is 29.1 Å². The third-order valence-corrected chi connectivity index (χ3v) is 3.34. The van der Waals surface area contributed by atoms with Crippen molar-refractivity contribution in [2.24, 2.45) is 0 Å². The molecule has 0 fully saturated rings. The van der Waals surface area contributed by atoms with E-state index in [9.17, 15) is 4.21 Å². The van der Waals surface area contributed by atoms with E-state index in [0.717, 1.165) is 10.6 Å². The highest BCUT2D eigenvalue weighted by molar-refractivity contribution is 7.86. The average Bonchev–Trinajstić information content (AvgIpc) is 2.54. The molecule has 0 spiro atoms. The van der Waals surface area contributed by atoms with Gasteiger partial charge in [0.05, 0.1) is 4.90 Å². The molecule has 2 nitrogen and oxygen atoms in total. The maximum Gasteiger partial charge on any atom is 0.150 e. The summed E-state index contributed by atoms with van der Waals surface area (Å²) in [4.78, 5) is 0.781. The average molecular weight is 291 g/mol. The third-order valence-electron chi connectivity index (χ3n) is 2.22. The van der Waals surface area contributed by atoms with Gasteiger partial charge in [0.15, 0.2) is 0 Å². The quantitative estimate of drug-likeness (QED) is 0.829. The van der Waals surface area contributed by atoms with Crippen molar-refractivity contribution in [2.45, 2.75) is 39.5 Å². The Morgan fingerprint density at radius 2 is 1.30 bits per heavy atom. The van der Waals surface area contributed by atoms with Crippen molar-refractivity contribution in [3.8, 4) is 0 Å². The lowest BCUT2D eigenvalue weighted by molar-refractivity contribution is 0.686. The molecular formula is C17H25NOS. The first kappa shape index (κ1) is 18.4. The van der Waals surface area contributed by atoms with Gasteiger partial charge in [0.2, 0.25) is 0 Å². The molecule has 1 N–H and O–H groups in total. The van der Waals surface area contributed by atoms with E-state index in [1.54, 1.807) is 0 Å². The smallest absolute Gasteiger partial charge is 0.150 e. The van der Waals surface area contributed by atoms with E-state index >= 15 is 0 Å². The molecule has 0 heterocycles. The summed E-state index contributed by atoms with van der Waals surface area (Å²) in [7, 11) is -1.19. The van der Waals surface area contributed by atoms with Crippen LogP contribution in [0.25, 0.3) is 0 Å². The summed E-state index contributed by atoms with van der Waals surface area (Å²) in [6, 6.07) is 17.2. The Labute approximate surface area is 125 Å². The predicted molar refractivity (Wildman–Crippen MR) is 90.3 cm³/mol. The lowest BCUT2D eigenvalue weighted by Gasteiger charge is -2.05. The molecule has 3 heteroatoms. The summed E-state index contributed by atoms with van der Waals surface area (Å²) in [6.07, 6.45) is 0. The number of hydrogen-bond donors (Lipinski definition) is 1. The van der Waals surface area contributed by atoms with E-state index in [1.165, 1.54) is 5.56 Å². The van der Waals surface area contributed by atoms with Gasteiger partial charge >= 0.3 is 0 Å². The van der Waals surface area contributed by atoms with E-state index in [0.29, 0.717) is 0 Å². The minimum atomic E-state index is -1.19. The van der Waals surface area contributed by atoms with Crippen LogP contribution in [0.1, 0.15) is 33.3 Å². The van der Waals surface area contributed by atoms with Crippen LogP contribution in [0.3, 0.4) is 0 Å². The summed E-state index contributed by atoms with van der Waals surface area (Å²) in [5.74, 6) is 0. The highest BCUT2D eigenvalue weighted by atomic mass is 32.2. The largest absolute Gasteiger partial charge is 0.301 e. The van der Waals surface area contributed by atoms with Crippen molar-refractivity contribution < 1.29 is 4.21 Å². The van der Waals surface area contributed by atoms with Crippen molar-refractivity contribution in [3.63, 3.8) is 0 Å². The zero-order valence-electron chi connectivity index (χ0n) is 13.0. The predicted octanol–water partition coefficient (Wildman–Crippen LogP) is 5.18. The fraction of sp³-hybridized carbons (Fsp3) is 0.294. The van der Waals surface area contributed by atoms with Crippen LogP contribution in [0, 0.1) is 6.92 Å². The van der Waals surface area contributed by atoms with Gasteiger partial charge in [-0.1, -0.05) is 63.6 Å². The Balaban J connectivity index is 0.000000829. The molecule has 0 aliphatic rings. The van der Waals surface area contributed by atoms with E-state index in [-0.39, 0.29) is 0 Å². The molecule has 0 saturated heterocycles.